The van der Waals surface area contributed by atoms with Crippen LogP contribution in [0.4, 0.5) is 0 Å². The Morgan fingerprint density at radius 3 is 2.26 bits per heavy atom. The maximum absolute atomic E-state index is 5.86. The monoisotopic (exact) mass is 267 g/mol. The molecule has 0 aromatic heterocycles. The number of hydrogen-bond donors (Lipinski definition) is 1. The van der Waals surface area contributed by atoms with Gasteiger partial charge < -0.3 is 19.5 Å². The zero-order chi connectivity index (χ0) is 14.1. The molecule has 1 aromatic rings. The van der Waals surface area contributed by atoms with Crippen molar-refractivity contribution in [2.24, 2.45) is 0 Å². The van der Waals surface area contributed by atoms with Crippen LogP contribution in [0.2, 0.25) is 0 Å². The molecule has 0 amide bonds. The van der Waals surface area contributed by atoms with Gasteiger partial charge in [-0.2, -0.15) is 0 Å². The van der Waals surface area contributed by atoms with Crippen molar-refractivity contribution >= 4 is 0 Å². The third-order valence-corrected chi connectivity index (χ3v) is 2.81. The van der Waals surface area contributed by atoms with Crippen LogP contribution in [0.1, 0.15) is 25.5 Å². The molecule has 0 saturated carbocycles. The second-order valence-corrected chi connectivity index (χ2v) is 4.69. The number of benzene rings is 1. The highest BCUT2D eigenvalue weighted by atomic mass is 16.5. The molecule has 0 aliphatic rings. The van der Waals surface area contributed by atoms with Gasteiger partial charge in [-0.3, -0.25) is 0 Å². The average molecular weight is 267 g/mol. The molecular formula is C15H25NO3. The van der Waals surface area contributed by atoms with E-state index in [1.165, 1.54) is 0 Å². The van der Waals surface area contributed by atoms with Gasteiger partial charge in [0.15, 0.2) is 0 Å². The van der Waals surface area contributed by atoms with E-state index in [0.29, 0.717) is 19.3 Å². The molecular weight excluding hydrogens is 242 g/mol. The summed E-state index contributed by atoms with van der Waals surface area (Å²) in [6.45, 7) is 6.23. The Labute approximate surface area is 116 Å². The summed E-state index contributed by atoms with van der Waals surface area (Å²) in [6.07, 6.45) is 0.0310. The maximum atomic E-state index is 5.86. The number of ether oxygens (including phenoxy) is 3. The van der Waals surface area contributed by atoms with Gasteiger partial charge in [0.25, 0.3) is 0 Å². The van der Waals surface area contributed by atoms with Crippen molar-refractivity contribution in [3.63, 3.8) is 0 Å². The van der Waals surface area contributed by atoms with Crippen molar-refractivity contribution in [3.05, 3.63) is 29.8 Å². The van der Waals surface area contributed by atoms with Gasteiger partial charge >= 0.3 is 0 Å². The van der Waals surface area contributed by atoms with Crippen molar-refractivity contribution in [2.45, 2.75) is 26.0 Å². The molecule has 0 saturated heterocycles. The van der Waals surface area contributed by atoms with Crippen LogP contribution in [-0.2, 0) is 9.47 Å². The van der Waals surface area contributed by atoms with Gasteiger partial charge in [0.1, 0.15) is 5.75 Å². The quantitative estimate of drug-likeness (QED) is 0.697. The summed E-state index contributed by atoms with van der Waals surface area (Å²) in [5, 5.41) is 3.40. The minimum Gasteiger partial charge on any atom is -0.497 e. The molecule has 0 radical (unpaired) electrons. The van der Waals surface area contributed by atoms with E-state index in [-0.39, 0.29) is 6.10 Å². The van der Waals surface area contributed by atoms with E-state index in [9.17, 15) is 0 Å². The smallest absolute Gasteiger partial charge is 0.118 e. The lowest BCUT2D eigenvalue weighted by atomic mass is 10.1. The largest absolute Gasteiger partial charge is 0.497 e. The van der Waals surface area contributed by atoms with Crippen LogP contribution in [-0.4, -0.2) is 40.0 Å². The normalized spacial score (nSPS) is 12.7. The van der Waals surface area contributed by atoms with Gasteiger partial charge in [-0.15, -0.1) is 0 Å². The predicted octanol–water partition coefficient (Wildman–Crippen LogP) is 2.40. The van der Waals surface area contributed by atoms with E-state index in [1.807, 2.05) is 24.3 Å². The Morgan fingerprint density at radius 1 is 1.05 bits per heavy atom. The van der Waals surface area contributed by atoms with E-state index in [0.717, 1.165) is 17.9 Å². The molecule has 4 heteroatoms. The molecule has 0 aliphatic carbocycles. The highest BCUT2D eigenvalue weighted by molar-refractivity contribution is 5.28. The standard InChI is InChI=1S/C15H25NO3/c1-12(2)16-11-15(19-10-9-17-3)13-5-7-14(18-4)8-6-13/h5-8,12,15-16H,9-11H2,1-4H3. The van der Waals surface area contributed by atoms with E-state index >= 15 is 0 Å². The zero-order valence-electron chi connectivity index (χ0n) is 12.3. The molecule has 1 atom stereocenters. The van der Waals surface area contributed by atoms with Crippen molar-refractivity contribution in [1.82, 2.24) is 5.32 Å². The van der Waals surface area contributed by atoms with Gasteiger partial charge in [0.2, 0.25) is 0 Å². The van der Waals surface area contributed by atoms with Gasteiger partial charge in [0, 0.05) is 19.7 Å². The summed E-state index contributed by atoms with van der Waals surface area (Å²) in [5.74, 6) is 0.858. The van der Waals surface area contributed by atoms with Crippen molar-refractivity contribution in [3.8, 4) is 5.75 Å². The van der Waals surface area contributed by atoms with E-state index in [2.05, 4.69) is 19.2 Å². The summed E-state index contributed by atoms with van der Waals surface area (Å²) in [7, 11) is 3.35. The van der Waals surface area contributed by atoms with Crippen molar-refractivity contribution < 1.29 is 14.2 Å². The molecule has 19 heavy (non-hydrogen) atoms. The average Bonchev–Trinajstić information content (AvgIpc) is 2.42. The summed E-state index contributed by atoms with van der Waals surface area (Å²) in [6, 6.07) is 8.43. The Balaban J connectivity index is 2.63. The lowest BCUT2D eigenvalue weighted by Crippen LogP contribution is -2.29. The predicted molar refractivity (Wildman–Crippen MR) is 76.7 cm³/mol. The summed E-state index contributed by atoms with van der Waals surface area (Å²) in [4.78, 5) is 0. The first-order valence-corrected chi connectivity index (χ1v) is 6.65. The van der Waals surface area contributed by atoms with Gasteiger partial charge in [0.05, 0.1) is 26.4 Å². The first kappa shape index (κ1) is 16.0. The molecule has 1 N–H and O–H groups in total. The molecule has 108 valence electrons. The lowest BCUT2D eigenvalue weighted by Gasteiger charge is -2.20. The van der Waals surface area contributed by atoms with E-state index in [4.69, 9.17) is 14.2 Å². The van der Waals surface area contributed by atoms with E-state index in [1.54, 1.807) is 14.2 Å². The Morgan fingerprint density at radius 2 is 1.74 bits per heavy atom. The minimum absolute atomic E-state index is 0.0310. The third-order valence-electron chi connectivity index (χ3n) is 2.81. The maximum Gasteiger partial charge on any atom is 0.118 e. The fraction of sp³-hybridized carbons (Fsp3) is 0.600. The van der Waals surface area contributed by atoms with Crippen LogP contribution in [0.3, 0.4) is 0 Å². The molecule has 0 heterocycles. The molecule has 0 bridgehead atoms. The third kappa shape index (κ3) is 6.05. The van der Waals surface area contributed by atoms with Crippen molar-refractivity contribution in [1.29, 1.82) is 0 Å². The Hall–Kier alpha value is -1.10. The Bertz CT molecular complexity index is 338. The second kappa shape index (κ2) is 8.91. The van der Waals surface area contributed by atoms with Crippen LogP contribution in [0.5, 0.6) is 5.75 Å². The highest BCUT2D eigenvalue weighted by Gasteiger charge is 2.12. The summed E-state index contributed by atoms with van der Waals surface area (Å²) in [5.41, 5.74) is 1.14. The lowest BCUT2D eigenvalue weighted by molar-refractivity contribution is 0.0158. The number of methoxy groups -OCH3 is 2. The first-order chi connectivity index (χ1) is 9.17. The minimum atomic E-state index is 0.0310. The SMILES string of the molecule is COCCOC(CNC(C)C)c1ccc(OC)cc1. The van der Waals surface area contributed by atoms with Crippen LogP contribution in [0, 0.1) is 0 Å². The van der Waals surface area contributed by atoms with Gasteiger partial charge in [-0.1, -0.05) is 26.0 Å². The molecule has 1 rings (SSSR count). The molecule has 0 aliphatic heterocycles. The number of nitrogens with one attached hydrogen (secondary N) is 1. The fourth-order valence-electron chi connectivity index (χ4n) is 1.71. The molecule has 1 aromatic carbocycles. The topological polar surface area (TPSA) is 39.7 Å². The van der Waals surface area contributed by atoms with Crippen LogP contribution in [0.15, 0.2) is 24.3 Å². The van der Waals surface area contributed by atoms with Gasteiger partial charge in [-0.05, 0) is 17.7 Å². The van der Waals surface area contributed by atoms with Gasteiger partial charge in [-0.25, -0.2) is 0 Å². The first-order valence-electron chi connectivity index (χ1n) is 6.65. The van der Waals surface area contributed by atoms with Crippen molar-refractivity contribution in [2.75, 3.05) is 34.0 Å². The Kier molecular flexibility index (Phi) is 7.48. The zero-order valence-corrected chi connectivity index (χ0v) is 12.3. The van der Waals surface area contributed by atoms with E-state index < -0.39 is 0 Å². The van der Waals surface area contributed by atoms with Crippen LogP contribution < -0.4 is 10.1 Å². The number of hydrogen-bond acceptors (Lipinski definition) is 4. The fourth-order valence-corrected chi connectivity index (χ4v) is 1.71. The molecule has 0 spiro atoms. The molecule has 1 unspecified atom stereocenters. The second-order valence-electron chi connectivity index (χ2n) is 4.69. The summed E-state index contributed by atoms with van der Waals surface area (Å²) < 4.78 is 16.1. The highest BCUT2D eigenvalue weighted by Crippen LogP contribution is 2.20. The molecule has 4 nitrogen and oxygen atoms in total. The number of rotatable bonds is 9. The molecule has 0 fully saturated rings. The van der Waals surface area contributed by atoms with Crippen LogP contribution >= 0.6 is 0 Å². The van der Waals surface area contributed by atoms with Crippen LogP contribution in [0.25, 0.3) is 0 Å². The summed E-state index contributed by atoms with van der Waals surface area (Å²) >= 11 is 0.